The molecule has 0 fully saturated rings. The quantitative estimate of drug-likeness (QED) is 0.513. The van der Waals surface area contributed by atoms with Gasteiger partial charge in [-0.25, -0.2) is 0 Å². The molecular weight excluding hydrogens is 354 g/mol. The Morgan fingerprint density at radius 1 is 1.00 bits per heavy atom. The lowest BCUT2D eigenvalue weighted by molar-refractivity contribution is 0.537. The predicted octanol–water partition coefficient (Wildman–Crippen LogP) is 3.47. The van der Waals surface area contributed by atoms with E-state index in [0.717, 1.165) is 18.1 Å². The molecule has 0 aliphatic rings. The third kappa shape index (κ3) is 7.55. The Labute approximate surface area is 166 Å². The van der Waals surface area contributed by atoms with Crippen molar-refractivity contribution >= 4 is 16.8 Å². The van der Waals surface area contributed by atoms with Gasteiger partial charge in [0.2, 0.25) is 0 Å². The van der Waals surface area contributed by atoms with Crippen molar-refractivity contribution in [3.8, 4) is 0 Å². The van der Waals surface area contributed by atoms with E-state index in [9.17, 15) is 4.21 Å². The highest BCUT2D eigenvalue weighted by molar-refractivity contribution is 7.84. The summed E-state index contributed by atoms with van der Waals surface area (Å²) in [5, 5.41) is 6.58. The zero-order chi connectivity index (χ0) is 19.5. The third-order valence-electron chi connectivity index (χ3n) is 4.32. The van der Waals surface area contributed by atoms with Gasteiger partial charge in [0.15, 0.2) is 5.96 Å². The number of aliphatic imine (C=N–C) groups is 1. The Kier molecular flexibility index (Phi) is 8.52. The third-order valence-corrected chi connectivity index (χ3v) is 5.64. The van der Waals surface area contributed by atoms with E-state index in [1.54, 1.807) is 0 Å². The summed E-state index contributed by atoms with van der Waals surface area (Å²) in [5.41, 5.74) is 2.34. The van der Waals surface area contributed by atoms with Crippen LogP contribution in [0.2, 0.25) is 0 Å². The number of nitrogens with zero attached hydrogens (tertiary/aromatic N) is 1. The Morgan fingerprint density at radius 3 is 2.26 bits per heavy atom. The monoisotopic (exact) mass is 385 g/mol. The number of guanidine groups is 1. The van der Waals surface area contributed by atoms with Gasteiger partial charge in [-0.05, 0) is 18.1 Å². The number of rotatable bonds is 9. The minimum absolute atomic E-state index is 0.0419. The van der Waals surface area contributed by atoms with Crippen molar-refractivity contribution in [3.05, 3.63) is 71.8 Å². The van der Waals surface area contributed by atoms with Crippen molar-refractivity contribution in [2.24, 2.45) is 4.99 Å². The van der Waals surface area contributed by atoms with Crippen LogP contribution in [0.1, 0.15) is 31.9 Å². The number of nitrogens with one attached hydrogen (secondary N) is 2. The van der Waals surface area contributed by atoms with Gasteiger partial charge in [-0.3, -0.25) is 9.20 Å². The first-order valence-corrected chi connectivity index (χ1v) is 11.0. The lowest BCUT2D eigenvalue weighted by Crippen LogP contribution is -2.40. The summed E-state index contributed by atoms with van der Waals surface area (Å²) in [5.74, 6) is 1.97. The molecule has 0 radical (unpaired) electrons. The topological polar surface area (TPSA) is 53.5 Å². The lowest BCUT2D eigenvalue weighted by atomic mass is 9.85. The number of benzene rings is 2. The predicted molar refractivity (Wildman–Crippen MR) is 117 cm³/mol. The van der Waals surface area contributed by atoms with Crippen LogP contribution in [-0.4, -0.2) is 35.6 Å². The van der Waals surface area contributed by atoms with E-state index in [1.807, 2.05) is 43.3 Å². The van der Waals surface area contributed by atoms with Gasteiger partial charge in [0.1, 0.15) is 0 Å². The molecule has 1 unspecified atom stereocenters. The molecule has 0 saturated heterocycles. The van der Waals surface area contributed by atoms with Gasteiger partial charge in [0.05, 0.1) is 6.54 Å². The van der Waals surface area contributed by atoms with Crippen LogP contribution in [0.5, 0.6) is 0 Å². The van der Waals surface area contributed by atoms with Gasteiger partial charge < -0.3 is 10.6 Å². The van der Waals surface area contributed by atoms with Crippen LogP contribution in [0.25, 0.3) is 0 Å². The standard InChI is InChI=1S/C22H31N3OS/c1-4-23-21(25-18-22(2,3)20-13-9-6-10-14-20)24-15-16-27(26)17-19-11-7-5-8-12-19/h5-14H,4,15-18H2,1-3H3,(H2,23,24,25). The summed E-state index contributed by atoms with van der Waals surface area (Å²) in [6.07, 6.45) is 0. The maximum atomic E-state index is 12.3. The van der Waals surface area contributed by atoms with E-state index in [1.165, 1.54) is 5.56 Å². The van der Waals surface area contributed by atoms with Gasteiger partial charge in [-0.15, -0.1) is 0 Å². The Balaban J connectivity index is 1.85. The van der Waals surface area contributed by atoms with E-state index in [4.69, 9.17) is 4.99 Å². The Hall–Kier alpha value is -2.14. The molecule has 27 heavy (non-hydrogen) atoms. The van der Waals surface area contributed by atoms with Crippen LogP contribution in [0.4, 0.5) is 0 Å². The highest BCUT2D eigenvalue weighted by atomic mass is 32.2. The van der Waals surface area contributed by atoms with Crippen LogP contribution >= 0.6 is 0 Å². The van der Waals surface area contributed by atoms with Gasteiger partial charge in [-0.1, -0.05) is 74.5 Å². The van der Waals surface area contributed by atoms with E-state index in [-0.39, 0.29) is 5.41 Å². The molecule has 0 bridgehead atoms. The van der Waals surface area contributed by atoms with Crippen LogP contribution < -0.4 is 10.6 Å². The molecule has 0 amide bonds. The molecular formula is C22H31N3OS. The molecule has 2 N–H and O–H groups in total. The number of hydrogen-bond acceptors (Lipinski definition) is 2. The molecule has 1 atom stereocenters. The largest absolute Gasteiger partial charge is 0.357 e. The molecule has 0 saturated carbocycles. The Bertz CT molecular complexity index is 730. The molecule has 0 aromatic heterocycles. The zero-order valence-electron chi connectivity index (χ0n) is 16.6. The second-order valence-electron chi connectivity index (χ2n) is 7.15. The normalized spacial score (nSPS) is 13.2. The second-order valence-corrected chi connectivity index (χ2v) is 8.72. The van der Waals surface area contributed by atoms with Crippen molar-refractivity contribution in [3.63, 3.8) is 0 Å². The van der Waals surface area contributed by atoms with Crippen molar-refractivity contribution in [1.29, 1.82) is 0 Å². The van der Waals surface area contributed by atoms with Crippen LogP contribution in [0, 0.1) is 0 Å². The molecule has 0 spiro atoms. The molecule has 2 rings (SSSR count). The fourth-order valence-electron chi connectivity index (χ4n) is 2.71. The summed E-state index contributed by atoms with van der Waals surface area (Å²) in [6.45, 7) is 8.56. The molecule has 0 aliphatic carbocycles. The molecule has 5 heteroatoms. The SMILES string of the molecule is CCNC(=NCC(C)(C)c1ccccc1)NCCS(=O)Cc1ccccc1. The fourth-order valence-corrected chi connectivity index (χ4v) is 3.75. The maximum absolute atomic E-state index is 12.3. The summed E-state index contributed by atoms with van der Waals surface area (Å²) >= 11 is 0. The second kappa shape index (κ2) is 10.9. The molecule has 4 nitrogen and oxygen atoms in total. The molecule has 146 valence electrons. The average molecular weight is 386 g/mol. The maximum Gasteiger partial charge on any atom is 0.191 e. The first-order chi connectivity index (χ1) is 13.0. The fraction of sp³-hybridized carbons (Fsp3) is 0.409. The highest BCUT2D eigenvalue weighted by Crippen LogP contribution is 2.22. The van der Waals surface area contributed by atoms with Crippen molar-refractivity contribution in [2.45, 2.75) is 31.9 Å². The van der Waals surface area contributed by atoms with Gasteiger partial charge in [-0.2, -0.15) is 0 Å². The zero-order valence-corrected chi connectivity index (χ0v) is 17.4. The van der Waals surface area contributed by atoms with E-state index in [2.05, 4.69) is 48.7 Å². The van der Waals surface area contributed by atoms with E-state index >= 15 is 0 Å². The van der Waals surface area contributed by atoms with E-state index in [0.29, 0.717) is 24.6 Å². The van der Waals surface area contributed by atoms with Crippen molar-refractivity contribution < 1.29 is 4.21 Å². The summed E-state index contributed by atoms with van der Waals surface area (Å²) in [4.78, 5) is 4.74. The van der Waals surface area contributed by atoms with Crippen LogP contribution in [0.3, 0.4) is 0 Å². The highest BCUT2D eigenvalue weighted by Gasteiger charge is 2.20. The molecule has 0 aliphatic heterocycles. The average Bonchev–Trinajstić information content (AvgIpc) is 2.67. The lowest BCUT2D eigenvalue weighted by Gasteiger charge is -2.24. The van der Waals surface area contributed by atoms with Crippen LogP contribution in [-0.2, 0) is 22.0 Å². The molecule has 2 aromatic carbocycles. The summed E-state index contributed by atoms with van der Waals surface area (Å²) in [7, 11) is -0.887. The van der Waals surface area contributed by atoms with Gasteiger partial charge >= 0.3 is 0 Å². The van der Waals surface area contributed by atoms with E-state index < -0.39 is 10.8 Å². The van der Waals surface area contributed by atoms with Gasteiger partial charge in [0, 0.05) is 40.8 Å². The minimum atomic E-state index is -0.887. The first kappa shape index (κ1) is 21.2. The summed E-state index contributed by atoms with van der Waals surface area (Å²) < 4.78 is 12.3. The molecule has 0 heterocycles. The Morgan fingerprint density at radius 2 is 1.63 bits per heavy atom. The van der Waals surface area contributed by atoms with Crippen molar-refractivity contribution in [2.75, 3.05) is 25.4 Å². The van der Waals surface area contributed by atoms with Crippen LogP contribution in [0.15, 0.2) is 65.7 Å². The van der Waals surface area contributed by atoms with Gasteiger partial charge in [0.25, 0.3) is 0 Å². The smallest absolute Gasteiger partial charge is 0.191 e. The first-order valence-electron chi connectivity index (χ1n) is 9.48. The molecule has 2 aromatic rings. The minimum Gasteiger partial charge on any atom is -0.357 e. The van der Waals surface area contributed by atoms with Crippen molar-refractivity contribution in [1.82, 2.24) is 10.6 Å². The number of hydrogen-bond donors (Lipinski definition) is 2. The summed E-state index contributed by atoms with van der Waals surface area (Å²) in [6, 6.07) is 20.4.